The third-order valence-electron chi connectivity index (χ3n) is 6.72. The zero-order chi connectivity index (χ0) is 24.2. The highest BCUT2D eigenvalue weighted by atomic mass is 35.5. The number of nitrogens with one attached hydrogen (secondary N) is 2. The summed E-state index contributed by atoms with van der Waals surface area (Å²) in [6.07, 6.45) is 0.761. The van der Waals surface area contributed by atoms with Crippen LogP contribution in [0.1, 0.15) is 36.6 Å². The summed E-state index contributed by atoms with van der Waals surface area (Å²) >= 11 is 6.73. The van der Waals surface area contributed by atoms with Gasteiger partial charge in [0.2, 0.25) is 0 Å². The number of anilines is 1. The molecule has 4 nitrogen and oxygen atoms in total. The number of nitrogens with zero attached hydrogens (tertiary/aromatic N) is 1. The normalized spacial score (nSPS) is 19.3. The summed E-state index contributed by atoms with van der Waals surface area (Å²) in [5.74, 6) is -1.42. The van der Waals surface area contributed by atoms with E-state index in [0.29, 0.717) is 11.1 Å². The Bertz CT molecular complexity index is 1370. The second kappa shape index (κ2) is 8.38. The molecular weight excluding hydrogens is 456 g/mol. The van der Waals surface area contributed by atoms with Gasteiger partial charge in [-0.1, -0.05) is 48.5 Å². The summed E-state index contributed by atoms with van der Waals surface area (Å²) in [7, 11) is 0. The van der Waals surface area contributed by atoms with Crippen molar-refractivity contribution in [3.63, 3.8) is 0 Å². The highest BCUT2D eigenvalue weighted by Gasteiger charge is 2.46. The summed E-state index contributed by atoms with van der Waals surface area (Å²) in [6, 6.07) is 15.3. The van der Waals surface area contributed by atoms with Gasteiger partial charge in [-0.15, -0.1) is 0 Å². The fourth-order valence-electron chi connectivity index (χ4n) is 4.90. The number of aliphatic hydroxyl groups excluding tert-OH is 1. The zero-order valence-corrected chi connectivity index (χ0v) is 19.9. The smallest absolute Gasteiger partial charge is 0.141 e. The lowest BCUT2D eigenvalue weighted by Gasteiger charge is -2.45. The Morgan fingerprint density at radius 2 is 1.82 bits per heavy atom. The maximum Gasteiger partial charge on any atom is 0.141 e. The molecule has 1 aliphatic heterocycles. The van der Waals surface area contributed by atoms with E-state index in [0.717, 1.165) is 16.5 Å². The Kier molecular flexibility index (Phi) is 5.63. The molecule has 0 saturated heterocycles. The first-order valence-electron chi connectivity index (χ1n) is 11.2. The summed E-state index contributed by atoms with van der Waals surface area (Å²) < 4.78 is 33.2. The summed E-state index contributed by atoms with van der Waals surface area (Å²) in [6.45, 7) is 5.78. The van der Waals surface area contributed by atoms with Crippen molar-refractivity contribution in [2.24, 2.45) is 0 Å². The molecule has 0 bridgehead atoms. The van der Waals surface area contributed by atoms with Crippen LogP contribution < -0.4 is 5.32 Å². The van der Waals surface area contributed by atoms with Crippen LogP contribution in [-0.2, 0) is 6.54 Å². The first-order chi connectivity index (χ1) is 16.2. The number of aromatic amines is 1. The van der Waals surface area contributed by atoms with Crippen molar-refractivity contribution in [3.05, 3.63) is 89.1 Å². The standard InChI is InChI=1S/C27H26ClF2N3O/c1-15-13-31-24-17(15)10-7-11-18(24)21-19(29)12-20-22(23(21)30)25(26(34)27(2,3)32-20)33(28)14-16-8-5-4-6-9-16/h4-13,25-26,31-32,34H,14H2,1-3H3/t25-,26+/m0/s1. The van der Waals surface area contributed by atoms with E-state index >= 15 is 8.78 Å². The Balaban J connectivity index is 1.70. The van der Waals surface area contributed by atoms with Crippen molar-refractivity contribution in [3.8, 4) is 11.1 Å². The van der Waals surface area contributed by atoms with Gasteiger partial charge < -0.3 is 15.4 Å². The minimum absolute atomic E-state index is 0.144. The molecule has 0 amide bonds. The molecule has 0 spiro atoms. The van der Waals surface area contributed by atoms with Gasteiger partial charge in [0, 0.05) is 34.9 Å². The molecule has 2 atom stereocenters. The molecule has 2 heterocycles. The molecule has 3 aromatic carbocycles. The molecule has 0 radical (unpaired) electrons. The maximum absolute atomic E-state index is 16.3. The van der Waals surface area contributed by atoms with Gasteiger partial charge in [-0.3, -0.25) is 0 Å². The zero-order valence-electron chi connectivity index (χ0n) is 19.2. The molecular formula is C27H26ClF2N3O. The van der Waals surface area contributed by atoms with Crippen molar-refractivity contribution >= 4 is 28.4 Å². The predicted octanol–water partition coefficient (Wildman–Crippen LogP) is 6.68. The molecule has 34 heavy (non-hydrogen) atoms. The van der Waals surface area contributed by atoms with Gasteiger partial charge in [0.1, 0.15) is 11.6 Å². The van der Waals surface area contributed by atoms with Gasteiger partial charge in [-0.2, -0.15) is 0 Å². The van der Waals surface area contributed by atoms with Gasteiger partial charge in [-0.25, -0.2) is 13.2 Å². The number of benzene rings is 3. The highest BCUT2D eigenvalue weighted by Crippen LogP contribution is 2.47. The molecule has 0 fully saturated rings. The molecule has 0 saturated carbocycles. The van der Waals surface area contributed by atoms with Crippen LogP contribution in [0.25, 0.3) is 22.0 Å². The number of aliphatic hydroxyl groups is 1. The number of rotatable bonds is 4. The van der Waals surface area contributed by atoms with E-state index in [9.17, 15) is 5.11 Å². The highest BCUT2D eigenvalue weighted by molar-refractivity contribution is 6.13. The molecule has 0 aliphatic carbocycles. The van der Waals surface area contributed by atoms with Crippen LogP contribution in [0, 0.1) is 18.6 Å². The number of aromatic nitrogens is 1. The first kappa shape index (κ1) is 22.8. The van der Waals surface area contributed by atoms with Gasteiger partial charge in [-0.05, 0) is 49.7 Å². The minimum Gasteiger partial charge on any atom is -0.389 e. The van der Waals surface area contributed by atoms with Gasteiger partial charge in [0.05, 0.1) is 28.8 Å². The molecule has 1 aliphatic rings. The van der Waals surface area contributed by atoms with Crippen LogP contribution in [0.3, 0.4) is 0 Å². The van der Waals surface area contributed by atoms with E-state index in [1.54, 1.807) is 26.0 Å². The number of para-hydroxylation sites is 1. The molecule has 4 aromatic rings. The van der Waals surface area contributed by atoms with Crippen molar-refractivity contribution in [2.45, 2.75) is 45.0 Å². The fraction of sp³-hybridized carbons (Fsp3) is 0.259. The largest absolute Gasteiger partial charge is 0.389 e. The Hall–Kier alpha value is -2.93. The SMILES string of the molecule is Cc1c[nH]c2c(-c3c(F)cc4c(c3F)[C@H](N(Cl)Cc3ccccc3)[C@@H](O)C(C)(C)N4)cccc12. The van der Waals surface area contributed by atoms with Gasteiger partial charge in [0.25, 0.3) is 0 Å². The Labute approximate surface area is 202 Å². The number of fused-ring (bicyclic) bond motifs is 2. The second-order valence-corrected chi connectivity index (χ2v) is 9.92. The van der Waals surface area contributed by atoms with E-state index in [2.05, 4.69) is 10.3 Å². The summed E-state index contributed by atoms with van der Waals surface area (Å²) in [5.41, 5.74) is 2.41. The third-order valence-corrected chi connectivity index (χ3v) is 7.05. The second-order valence-electron chi connectivity index (χ2n) is 9.49. The number of aryl methyl sites for hydroxylation is 1. The molecule has 5 rings (SSSR count). The van der Waals surface area contributed by atoms with Crippen LogP contribution in [0.4, 0.5) is 14.5 Å². The number of hydrogen-bond acceptors (Lipinski definition) is 3. The van der Waals surface area contributed by atoms with E-state index in [1.165, 1.54) is 10.5 Å². The summed E-state index contributed by atoms with van der Waals surface area (Å²) in [4.78, 5) is 3.14. The molecule has 7 heteroatoms. The molecule has 176 valence electrons. The number of H-pyrrole nitrogens is 1. The van der Waals surface area contributed by atoms with Crippen LogP contribution in [0.15, 0.2) is 60.8 Å². The summed E-state index contributed by atoms with van der Waals surface area (Å²) in [5, 5.41) is 15.3. The maximum atomic E-state index is 16.3. The molecule has 0 unspecified atom stereocenters. The lowest BCUT2D eigenvalue weighted by molar-refractivity contribution is 0.0357. The van der Waals surface area contributed by atoms with E-state index in [4.69, 9.17) is 11.8 Å². The predicted molar refractivity (Wildman–Crippen MR) is 133 cm³/mol. The minimum atomic E-state index is -1.06. The monoisotopic (exact) mass is 481 g/mol. The van der Waals surface area contributed by atoms with E-state index < -0.39 is 29.3 Å². The van der Waals surface area contributed by atoms with Crippen LogP contribution in [0.2, 0.25) is 0 Å². The number of hydrogen-bond donors (Lipinski definition) is 3. The Morgan fingerprint density at radius 3 is 2.56 bits per heavy atom. The number of halogens is 3. The lowest BCUT2D eigenvalue weighted by Crippen LogP contribution is -2.53. The average Bonchev–Trinajstić information content (AvgIpc) is 3.17. The van der Waals surface area contributed by atoms with Crippen LogP contribution >= 0.6 is 11.8 Å². The van der Waals surface area contributed by atoms with Gasteiger partial charge >= 0.3 is 0 Å². The molecule has 3 N–H and O–H groups in total. The molecule has 1 aromatic heterocycles. The van der Waals surface area contributed by atoms with Crippen molar-refractivity contribution in [1.29, 1.82) is 0 Å². The van der Waals surface area contributed by atoms with Crippen LogP contribution in [-0.4, -0.2) is 26.2 Å². The lowest BCUT2D eigenvalue weighted by atomic mass is 9.80. The van der Waals surface area contributed by atoms with Gasteiger partial charge in [0.15, 0.2) is 0 Å². The van der Waals surface area contributed by atoms with Crippen molar-refractivity contribution in [1.82, 2.24) is 9.40 Å². The Morgan fingerprint density at radius 1 is 1.09 bits per heavy atom. The van der Waals surface area contributed by atoms with E-state index in [1.807, 2.05) is 49.5 Å². The van der Waals surface area contributed by atoms with Crippen molar-refractivity contribution in [2.75, 3.05) is 5.32 Å². The van der Waals surface area contributed by atoms with Crippen LogP contribution in [0.5, 0.6) is 0 Å². The van der Waals surface area contributed by atoms with E-state index in [-0.39, 0.29) is 23.4 Å². The fourth-order valence-corrected chi connectivity index (χ4v) is 5.24. The third kappa shape index (κ3) is 3.66. The average molecular weight is 482 g/mol. The first-order valence-corrected chi connectivity index (χ1v) is 11.5. The topological polar surface area (TPSA) is 51.3 Å². The quantitative estimate of drug-likeness (QED) is 0.285. The van der Waals surface area contributed by atoms with Crippen molar-refractivity contribution < 1.29 is 13.9 Å².